The first-order chi connectivity index (χ1) is 9.56. The molecule has 0 aromatic rings. The monoisotopic (exact) mass is 305 g/mol. The lowest BCUT2D eigenvalue weighted by atomic mass is 10.00. The van der Waals surface area contributed by atoms with Crippen molar-refractivity contribution in [1.82, 2.24) is 13.9 Å². The molecule has 120 valence electrons. The van der Waals surface area contributed by atoms with Gasteiger partial charge in [0.25, 0.3) is 10.2 Å². The standard InChI is InChI=1S/C14H31N3O2S/c1-4-9-16(10-5-2)20(18,19)17-11-7-8-14(13-17)12-15-6-3/h14-15H,4-13H2,1-3H3. The lowest BCUT2D eigenvalue weighted by Crippen LogP contribution is -2.49. The molecular weight excluding hydrogens is 274 g/mol. The van der Waals surface area contributed by atoms with Gasteiger partial charge in [-0.1, -0.05) is 20.8 Å². The van der Waals surface area contributed by atoms with Crippen molar-refractivity contribution in [2.24, 2.45) is 5.92 Å². The molecule has 0 saturated carbocycles. The number of rotatable bonds is 9. The molecule has 1 atom stereocenters. The third kappa shape index (κ3) is 4.98. The Hall–Kier alpha value is -0.170. The molecule has 1 fully saturated rings. The fraction of sp³-hybridized carbons (Fsp3) is 1.00. The minimum atomic E-state index is -3.27. The van der Waals surface area contributed by atoms with E-state index in [1.54, 1.807) is 8.61 Å². The van der Waals surface area contributed by atoms with Crippen LogP contribution in [0.1, 0.15) is 46.5 Å². The van der Waals surface area contributed by atoms with Gasteiger partial charge in [-0.15, -0.1) is 0 Å². The smallest absolute Gasteiger partial charge is 0.281 e. The topological polar surface area (TPSA) is 52.7 Å². The summed E-state index contributed by atoms with van der Waals surface area (Å²) < 4.78 is 28.8. The zero-order valence-corrected chi connectivity index (χ0v) is 14.1. The molecule has 5 nitrogen and oxygen atoms in total. The molecule has 0 aromatic heterocycles. The Balaban J connectivity index is 2.69. The van der Waals surface area contributed by atoms with Gasteiger partial charge in [-0.2, -0.15) is 17.0 Å². The first-order valence-electron chi connectivity index (χ1n) is 8.02. The summed E-state index contributed by atoms with van der Waals surface area (Å²) in [6.07, 6.45) is 3.84. The molecule has 0 bridgehead atoms. The minimum Gasteiger partial charge on any atom is -0.317 e. The van der Waals surface area contributed by atoms with Crippen molar-refractivity contribution < 1.29 is 8.42 Å². The normalized spacial score (nSPS) is 21.5. The van der Waals surface area contributed by atoms with Crippen LogP contribution in [0.3, 0.4) is 0 Å². The Labute approximate surface area is 124 Å². The maximum Gasteiger partial charge on any atom is 0.281 e. The molecule has 0 spiro atoms. The Bertz CT molecular complexity index is 353. The lowest BCUT2D eigenvalue weighted by molar-refractivity contribution is 0.242. The van der Waals surface area contributed by atoms with Gasteiger partial charge in [-0.3, -0.25) is 0 Å². The highest BCUT2D eigenvalue weighted by Crippen LogP contribution is 2.21. The largest absolute Gasteiger partial charge is 0.317 e. The number of nitrogens with one attached hydrogen (secondary N) is 1. The van der Waals surface area contributed by atoms with Gasteiger partial charge in [0.1, 0.15) is 0 Å². The summed E-state index contributed by atoms with van der Waals surface area (Å²) in [7, 11) is -3.27. The van der Waals surface area contributed by atoms with E-state index < -0.39 is 10.2 Å². The summed E-state index contributed by atoms with van der Waals surface area (Å²) in [6.45, 7) is 10.6. The first-order valence-corrected chi connectivity index (χ1v) is 9.41. The number of hydrogen-bond acceptors (Lipinski definition) is 3. The van der Waals surface area contributed by atoms with Gasteiger partial charge in [0, 0.05) is 26.2 Å². The maximum absolute atomic E-state index is 12.7. The number of hydrogen-bond donors (Lipinski definition) is 1. The Morgan fingerprint density at radius 3 is 2.40 bits per heavy atom. The van der Waals surface area contributed by atoms with Crippen LogP contribution in [-0.4, -0.2) is 56.3 Å². The highest BCUT2D eigenvalue weighted by atomic mass is 32.2. The van der Waals surface area contributed by atoms with E-state index in [-0.39, 0.29) is 0 Å². The molecule has 1 unspecified atom stereocenters. The van der Waals surface area contributed by atoms with Crippen molar-refractivity contribution in [2.75, 3.05) is 39.3 Å². The second kappa shape index (κ2) is 8.97. The van der Waals surface area contributed by atoms with Crippen molar-refractivity contribution in [2.45, 2.75) is 46.5 Å². The van der Waals surface area contributed by atoms with Gasteiger partial charge in [-0.25, -0.2) is 0 Å². The summed E-state index contributed by atoms with van der Waals surface area (Å²) >= 11 is 0. The van der Waals surface area contributed by atoms with E-state index >= 15 is 0 Å². The second-order valence-electron chi connectivity index (χ2n) is 5.58. The second-order valence-corrected chi connectivity index (χ2v) is 7.51. The van der Waals surface area contributed by atoms with Gasteiger partial charge >= 0.3 is 0 Å². The number of piperidine rings is 1. The van der Waals surface area contributed by atoms with Crippen LogP contribution in [0.4, 0.5) is 0 Å². The van der Waals surface area contributed by atoms with E-state index in [0.717, 1.165) is 38.8 Å². The zero-order chi connectivity index (χ0) is 15.0. The molecule has 0 aromatic carbocycles. The Morgan fingerprint density at radius 1 is 1.20 bits per heavy atom. The molecule has 0 aliphatic carbocycles. The van der Waals surface area contributed by atoms with Crippen molar-refractivity contribution in [1.29, 1.82) is 0 Å². The summed E-state index contributed by atoms with van der Waals surface area (Å²) in [5.41, 5.74) is 0. The van der Waals surface area contributed by atoms with Gasteiger partial charge in [0.2, 0.25) is 0 Å². The van der Waals surface area contributed by atoms with Crippen molar-refractivity contribution >= 4 is 10.2 Å². The fourth-order valence-electron chi connectivity index (χ4n) is 2.76. The summed E-state index contributed by atoms with van der Waals surface area (Å²) in [6, 6.07) is 0. The van der Waals surface area contributed by atoms with Gasteiger partial charge in [0.05, 0.1) is 0 Å². The Kier molecular flexibility index (Phi) is 8.02. The highest BCUT2D eigenvalue weighted by molar-refractivity contribution is 7.86. The van der Waals surface area contributed by atoms with Crippen molar-refractivity contribution in [3.8, 4) is 0 Å². The highest BCUT2D eigenvalue weighted by Gasteiger charge is 2.32. The van der Waals surface area contributed by atoms with Gasteiger partial charge < -0.3 is 5.32 Å². The third-order valence-electron chi connectivity index (χ3n) is 3.76. The van der Waals surface area contributed by atoms with Crippen LogP contribution >= 0.6 is 0 Å². The molecule has 0 radical (unpaired) electrons. The summed E-state index contributed by atoms with van der Waals surface area (Å²) in [5, 5.41) is 3.33. The van der Waals surface area contributed by atoms with Crippen LogP contribution in [0.5, 0.6) is 0 Å². The Morgan fingerprint density at radius 2 is 1.85 bits per heavy atom. The van der Waals surface area contributed by atoms with E-state index in [4.69, 9.17) is 0 Å². The summed E-state index contributed by atoms with van der Waals surface area (Å²) in [5.74, 6) is 0.448. The van der Waals surface area contributed by atoms with Crippen LogP contribution in [-0.2, 0) is 10.2 Å². The maximum atomic E-state index is 12.7. The zero-order valence-electron chi connectivity index (χ0n) is 13.3. The molecular formula is C14H31N3O2S. The molecule has 1 heterocycles. The molecule has 20 heavy (non-hydrogen) atoms. The van der Waals surface area contributed by atoms with Crippen molar-refractivity contribution in [3.05, 3.63) is 0 Å². The van der Waals surface area contributed by atoms with Crippen LogP contribution in [0.15, 0.2) is 0 Å². The predicted molar refractivity (Wildman–Crippen MR) is 83.9 cm³/mol. The molecule has 1 N–H and O–H groups in total. The average molecular weight is 305 g/mol. The van der Waals surface area contributed by atoms with E-state index in [2.05, 4.69) is 12.2 Å². The van der Waals surface area contributed by atoms with Crippen LogP contribution in [0.25, 0.3) is 0 Å². The molecule has 6 heteroatoms. The fourth-order valence-corrected chi connectivity index (χ4v) is 4.67. The van der Waals surface area contributed by atoms with Crippen molar-refractivity contribution in [3.63, 3.8) is 0 Å². The van der Waals surface area contributed by atoms with E-state index in [9.17, 15) is 8.42 Å². The van der Waals surface area contributed by atoms with E-state index in [1.165, 1.54) is 0 Å². The lowest BCUT2D eigenvalue weighted by Gasteiger charge is -2.35. The van der Waals surface area contributed by atoms with Gasteiger partial charge in [0.15, 0.2) is 0 Å². The van der Waals surface area contributed by atoms with Crippen LogP contribution in [0.2, 0.25) is 0 Å². The van der Waals surface area contributed by atoms with Crippen LogP contribution < -0.4 is 5.32 Å². The third-order valence-corrected chi connectivity index (χ3v) is 5.77. The average Bonchev–Trinajstić information content (AvgIpc) is 2.45. The van der Waals surface area contributed by atoms with E-state index in [0.29, 0.717) is 32.1 Å². The molecule has 1 saturated heterocycles. The van der Waals surface area contributed by atoms with Gasteiger partial charge in [-0.05, 0) is 44.7 Å². The van der Waals surface area contributed by atoms with E-state index in [1.807, 2.05) is 13.8 Å². The predicted octanol–water partition coefficient (Wildman–Crippen LogP) is 1.67. The minimum absolute atomic E-state index is 0.448. The molecule has 1 aliphatic heterocycles. The number of nitrogens with zero attached hydrogens (tertiary/aromatic N) is 2. The molecule has 1 aliphatic rings. The molecule has 1 rings (SSSR count). The summed E-state index contributed by atoms with van der Waals surface area (Å²) in [4.78, 5) is 0. The van der Waals surface area contributed by atoms with Crippen LogP contribution in [0, 0.1) is 5.92 Å². The SMILES string of the molecule is CCCN(CCC)S(=O)(=O)N1CCCC(CNCC)C1. The first kappa shape index (κ1) is 17.9. The quantitative estimate of drug-likeness (QED) is 0.705. The molecule has 0 amide bonds.